The minimum atomic E-state index is -0.579. The van der Waals surface area contributed by atoms with Crippen molar-refractivity contribution in [2.24, 2.45) is 0 Å². The summed E-state index contributed by atoms with van der Waals surface area (Å²) in [5, 5.41) is 14.8. The molecule has 2 heterocycles. The molecule has 2 aliphatic rings. The van der Waals surface area contributed by atoms with Crippen molar-refractivity contribution >= 4 is 22.5 Å². The Kier molecular flexibility index (Phi) is 4.82. The molecule has 1 aliphatic heterocycles. The second kappa shape index (κ2) is 7.24. The van der Waals surface area contributed by atoms with E-state index < -0.39 is 17.7 Å². The van der Waals surface area contributed by atoms with E-state index >= 15 is 0 Å². The smallest absolute Gasteiger partial charge is 0.321 e. The highest BCUT2D eigenvalue weighted by atomic mass is 32.1. The monoisotopic (exact) mass is 380 g/mol. The predicted molar refractivity (Wildman–Crippen MR) is 92.4 cm³/mol. The van der Waals surface area contributed by atoms with Crippen LogP contribution in [0.2, 0.25) is 0 Å². The van der Waals surface area contributed by atoms with Crippen molar-refractivity contribution < 1.29 is 18.3 Å². The highest BCUT2D eigenvalue weighted by Gasteiger charge is 2.42. The van der Waals surface area contributed by atoms with Crippen molar-refractivity contribution in [3.63, 3.8) is 0 Å². The third-order valence-electron chi connectivity index (χ3n) is 4.71. The lowest BCUT2D eigenvalue weighted by atomic mass is 10.0. The van der Waals surface area contributed by atoms with Crippen LogP contribution in [0.4, 0.5) is 18.7 Å². The number of aromatic nitrogens is 2. The number of carbonyl (C=O) groups excluding carboxylic acids is 1. The van der Waals surface area contributed by atoms with Crippen molar-refractivity contribution in [3.8, 4) is 0 Å². The molecule has 2 N–H and O–H groups in total. The van der Waals surface area contributed by atoms with Crippen molar-refractivity contribution in [1.82, 2.24) is 15.5 Å². The molecule has 4 rings (SSSR count). The number of hydrogen-bond donors (Lipinski definition) is 2. The third-order valence-corrected chi connectivity index (χ3v) is 5.71. The number of nitrogens with zero attached hydrogens (tertiary/aromatic N) is 2. The zero-order valence-corrected chi connectivity index (χ0v) is 14.7. The fourth-order valence-corrected chi connectivity index (χ4v) is 4.14. The summed E-state index contributed by atoms with van der Waals surface area (Å²) >= 11 is 1.35. The highest BCUT2D eigenvalue weighted by molar-refractivity contribution is 7.15. The number of carbonyl (C=O) groups is 1. The number of ether oxygens (including phenoxy) is 1. The van der Waals surface area contributed by atoms with E-state index in [2.05, 4.69) is 20.8 Å². The van der Waals surface area contributed by atoms with Crippen molar-refractivity contribution in [3.05, 3.63) is 40.4 Å². The van der Waals surface area contributed by atoms with Crippen molar-refractivity contribution in [2.75, 3.05) is 18.5 Å². The number of halogens is 2. The maximum Gasteiger partial charge on any atom is 0.321 e. The van der Waals surface area contributed by atoms with Crippen LogP contribution in [0.5, 0.6) is 0 Å². The van der Waals surface area contributed by atoms with Crippen molar-refractivity contribution in [2.45, 2.75) is 37.1 Å². The van der Waals surface area contributed by atoms with Crippen LogP contribution >= 0.6 is 11.3 Å². The molecule has 0 spiro atoms. The number of amides is 2. The molecule has 6 nitrogen and oxygen atoms in total. The first-order chi connectivity index (χ1) is 12.6. The Labute approximate surface area is 153 Å². The molecule has 138 valence electrons. The lowest BCUT2D eigenvalue weighted by Crippen LogP contribution is -2.31. The number of rotatable bonds is 4. The Morgan fingerprint density at radius 3 is 2.65 bits per heavy atom. The summed E-state index contributed by atoms with van der Waals surface area (Å²) < 4.78 is 32.9. The van der Waals surface area contributed by atoms with Gasteiger partial charge in [-0.15, -0.1) is 10.2 Å². The van der Waals surface area contributed by atoms with Gasteiger partial charge in [-0.3, -0.25) is 5.32 Å². The van der Waals surface area contributed by atoms with Gasteiger partial charge < -0.3 is 10.1 Å². The Morgan fingerprint density at radius 2 is 1.92 bits per heavy atom. The summed E-state index contributed by atoms with van der Waals surface area (Å²) in [6.45, 7) is 1.42. The first kappa shape index (κ1) is 17.3. The van der Waals surface area contributed by atoms with Gasteiger partial charge >= 0.3 is 6.03 Å². The quantitative estimate of drug-likeness (QED) is 0.853. The van der Waals surface area contributed by atoms with Gasteiger partial charge in [0.05, 0.1) is 0 Å². The van der Waals surface area contributed by atoms with Crippen LogP contribution in [-0.2, 0) is 4.74 Å². The number of hydrogen-bond acceptors (Lipinski definition) is 5. The van der Waals surface area contributed by atoms with Crippen LogP contribution in [0.25, 0.3) is 0 Å². The number of nitrogens with one attached hydrogen (secondary N) is 2. The predicted octanol–water partition coefficient (Wildman–Crippen LogP) is 3.39. The molecule has 0 bridgehead atoms. The summed E-state index contributed by atoms with van der Waals surface area (Å²) in [4.78, 5) is 12.1. The number of urea groups is 1. The molecule has 26 heavy (non-hydrogen) atoms. The standard InChI is InChI=1S/C17H18F2N4O2S/c18-11-2-1-3-12(19)14(11)10-8-13(10)20-16(24)21-17-23-22-15(26-17)9-4-6-25-7-5-9/h1-3,9-10,13H,4-8H2,(H2,20,21,23,24)/t10-,13-/m1/s1. The van der Waals surface area contributed by atoms with E-state index in [1.165, 1.54) is 29.5 Å². The zero-order valence-electron chi connectivity index (χ0n) is 13.9. The summed E-state index contributed by atoms with van der Waals surface area (Å²) in [6.07, 6.45) is 2.31. The van der Waals surface area contributed by atoms with Crippen LogP contribution in [0, 0.1) is 11.6 Å². The van der Waals surface area contributed by atoms with Crippen molar-refractivity contribution in [1.29, 1.82) is 0 Å². The molecule has 2 amide bonds. The Bertz CT molecular complexity index is 790. The third kappa shape index (κ3) is 3.68. The van der Waals surface area contributed by atoms with E-state index in [-0.39, 0.29) is 17.5 Å². The van der Waals surface area contributed by atoms with Gasteiger partial charge in [0.15, 0.2) is 0 Å². The van der Waals surface area contributed by atoms with Crippen LogP contribution < -0.4 is 10.6 Å². The zero-order chi connectivity index (χ0) is 18.1. The maximum absolute atomic E-state index is 13.8. The molecule has 0 radical (unpaired) electrons. The van der Waals surface area contributed by atoms with Gasteiger partial charge in [-0.1, -0.05) is 17.4 Å². The minimum Gasteiger partial charge on any atom is -0.381 e. The Balaban J connectivity index is 1.32. The lowest BCUT2D eigenvalue weighted by molar-refractivity contribution is 0.0851. The van der Waals surface area contributed by atoms with Gasteiger partial charge in [0.2, 0.25) is 5.13 Å². The largest absolute Gasteiger partial charge is 0.381 e. The van der Waals surface area contributed by atoms with E-state index in [1.807, 2.05) is 0 Å². The van der Waals surface area contributed by atoms with Crippen LogP contribution in [0.15, 0.2) is 18.2 Å². The second-order valence-corrected chi connectivity index (χ2v) is 7.52. The fourth-order valence-electron chi connectivity index (χ4n) is 3.23. The molecule has 2 atom stereocenters. The van der Waals surface area contributed by atoms with E-state index in [9.17, 15) is 13.6 Å². The molecule has 1 saturated carbocycles. The number of benzene rings is 1. The van der Waals surface area contributed by atoms with Crippen LogP contribution in [0.3, 0.4) is 0 Å². The molecular weight excluding hydrogens is 362 g/mol. The van der Waals surface area contributed by atoms with Gasteiger partial charge in [0.1, 0.15) is 16.6 Å². The first-order valence-corrected chi connectivity index (χ1v) is 9.36. The second-order valence-electron chi connectivity index (χ2n) is 6.51. The molecule has 1 aromatic heterocycles. The molecule has 9 heteroatoms. The minimum absolute atomic E-state index is 0.0375. The van der Waals surface area contributed by atoms with E-state index in [0.29, 0.717) is 30.7 Å². The fraction of sp³-hybridized carbons (Fsp3) is 0.471. The molecule has 2 aromatic rings. The molecular formula is C17H18F2N4O2S. The SMILES string of the molecule is O=C(Nc1nnc(C2CCOCC2)s1)N[C@@H]1C[C@H]1c1c(F)cccc1F. The topological polar surface area (TPSA) is 76.1 Å². The van der Waals surface area contributed by atoms with Gasteiger partial charge in [0.25, 0.3) is 0 Å². The van der Waals surface area contributed by atoms with E-state index in [0.717, 1.165) is 17.8 Å². The highest BCUT2D eigenvalue weighted by Crippen LogP contribution is 2.43. The summed E-state index contributed by atoms with van der Waals surface area (Å²) in [7, 11) is 0. The molecule has 1 aliphatic carbocycles. The van der Waals surface area contributed by atoms with E-state index in [1.54, 1.807) is 0 Å². The Hall–Kier alpha value is -2.13. The van der Waals surface area contributed by atoms with Gasteiger partial charge in [0, 0.05) is 36.7 Å². The summed E-state index contributed by atoms with van der Waals surface area (Å²) in [5.74, 6) is -1.18. The normalized spacial score (nSPS) is 22.8. The molecule has 0 unspecified atom stereocenters. The molecule has 2 fully saturated rings. The van der Waals surface area contributed by atoms with Gasteiger partial charge in [-0.05, 0) is 31.4 Å². The lowest BCUT2D eigenvalue weighted by Gasteiger charge is -2.18. The van der Waals surface area contributed by atoms with E-state index in [4.69, 9.17) is 4.74 Å². The van der Waals surface area contributed by atoms with Crippen LogP contribution in [-0.4, -0.2) is 35.5 Å². The summed E-state index contributed by atoms with van der Waals surface area (Å²) in [5.41, 5.74) is 0.0375. The summed E-state index contributed by atoms with van der Waals surface area (Å²) in [6, 6.07) is 3.06. The van der Waals surface area contributed by atoms with Gasteiger partial charge in [-0.25, -0.2) is 13.6 Å². The average Bonchev–Trinajstić information content (AvgIpc) is 3.19. The maximum atomic E-state index is 13.8. The Morgan fingerprint density at radius 1 is 1.19 bits per heavy atom. The van der Waals surface area contributed by atoms with Crippen LogP contribution in [0.1, 0.15) is 41.7 Å². The number of anilines is 1. The molecule has 1 saturated heterocycles. The van der Waals surface area contributed by atoms with Gasteiger partial charge in [-0.2, -0.15) is 0 Å². The molecule has 1 aromatic carbocycles. The first-order valence-electron chi connectivity index (χ1n) is 8.54. The average molecular weight is 380 g/mol.